The van der Waals surface area contributed by atoms with Crippen molar-refractivity contribution in [3.8, 4) is 0 Å². The Morgan fingerprint density at radius 3 is 2.79 bits per heavy atom. The van der Waals surface area contributed by atoms with Gasteiger partial charge in [0.25, 0.3) is 0 Å². The van der Waals surface area contributed by atoms with Crippen LogP contribution in [0, 0.1) is 0 Å². The number of nitrogens with one attached hydrogen (secondary N) is 2. The predicted octanol–water partition coefficient (Wildman–Crippen LogP) is 3.09. The quantitative estimate of drug-likeness (QED) is 0.831. The zero-order chi connectivity index (χ0) is 14.2. The zero-order valence-corrected chi connectivity index (χ0v) is 12.9. The van der Waals surface area contributed by atoms with Gasteiger partial charge < -0.3 is 10.1 Å². The number of carbonyl (C=O) groups excluding carboxylic acids is 1. The van der Waals surface area contributed by atoms with Gasteiger partial charge >= 0.3 is 6.09 Å². The van der Waals surface area contributed by atoms with Gasteiger partial charge in [0, 0.05) is 23.4 Å². The van der Waals surface area contributed by atoms with E-state index in [2.05, 4.69) is 29.5 Å². The smallest absolute Gasteiger partial charge is 0.413 e. The summed E-state index contributed by atoms with van der Waals surface area (Å²) in [7, 11) is 0. The van der Waals surface area contributed by atoms with E-state index in [4.69, 9.17) is 4.74 Å². The number of fused-ring (bicyclic) bond motifs is 1. The summed E-state index contributed by atoms with van der Waals surface area (Å²) in [6, 6.07) is 0.699. The van der Waals surface area contributed by atoms with Crippen LogP contribution in [-0.4, -0.2) is 22.7 Å². The minimum absolute atomic E-state index is 0.283. The maximum atomic E-state index is 11.7. The number of carbonyl (C=O) groups is 1. The van der Waals surface area contributed by atoms with Crippen LogP contribution in [0.15, 0.2) is 0 Å². The highest BCUT2D eigenvalue weighted by Crippen LogP contribution is 2.33. The average molecular weight is 283 g/mol. The number of hydrogen-bond acceptors (Lipinski definition) is 5. The van der Waals surface area contributed by atoms with E-state index in [-0.39, 0.29) is 6.04 Å². The fraction of sp³-hybridized carbons (Fsp3) is 0.692. The third-order valence-corrected chi connectivity index (χ3v) is 3.96. The molecule has 0 spiro atoms. The fourth-order valence-electron chi connectivity index (χ4n) is 2.14. The van der Waals surface area contributed by atoms with Crippen molar-refractivity contribution in [1.82, 2.24) is 10.3 Å². The van der Waals surface area contributed by atoms with E-state index in [9.17, 15) is 4.79 Å². The molecule has 106 valence electrons. The number of amides is 1. The first-order chi connectivity index (χ1) is 8.74. The average Bonchev–Trinajstić information content (AvgIpc) is 2.56. The molecule has 1 aromatic rings. The highest BCUT2D eigenvalue weighted by atomic mass is 32.1. The Kier molecular flexibility index (Phi) is 3.82. The Morgan fingerprint density at radius 2 is 2.16 bits per heavy atom. The lowest BCUT2D eigenvalue weighted by Crippen LogP contribution is -2.35. The Bertz CT molecular complexity index is 479. The van der Waals surface area contributed by atoms with Crippen molar-refractivity contribution in [3.05, 3.63) is 10.6 Å². The van der Waals surface area contributed by atoms with Gasteiger partial charge in [0.05, 0.1) is 5.69 Å². The summed E-state index contributed by atoms with van der Waals surface area (Å²) >= 11 is 1.51. The van der Waals surface area contributed by atoms with Crippen LogP contribution in [0.4, 0.5) is 9.93 Å². The molecule has 0 aromatic carbocycles. The summed E-state index contributed by atoms with van der Waals surface area (Å²) in [5.41, 5.74) is 0.583. The molecule has 19 heavy (non-hydrogen) atoms. The molecule has 1 aliphatic rings. The molecule has 1 aromatic heterocycles. The first-order valence-corrected chi connectivity index (χ1v) is 7.32. The Balaban J connectivity index is 2.07. The maximum absolute atomic E-state index is 11.7. The highest BCUT2D eigenvalue weighted by molar-refractivity contribution is 7.16. The van der Waals surface area contributed by atoms with Gasteiger partial charge in [-0.15, -0.1) is 0 Å². The van der Waals surface area contributed by atoms with E-state index in [1.807, 2.05) is 20.8 Å². The molecular formula is C13H21N3O2S. The van der Waals surface area contributed by atoms with Crippen molar-refractivity contribution in [2.75, 3.05) is 5.32 Å². The van der Waals surface area contributed by atoms with Crippen LogP contribution in [0.2, 0.25) is 0 Å². The molecule has 6 heteroatoms. The summed E-state index contributed by atoms with van der Waals surface area (Å²) in [4.78, 5) is 17.4. The van der Waals surface area contributed by atoms with Crippen molar-refractivity contribution < 1.29 is 9.53 Å². The molecule has 0 bridgehead atoms. The second-order valence-electron chi connectivity index (χ2n) is 5.95. The number of rotatable bonds is 1. The Morgan fingerprint density at radius 1 is 1.47 bits per heavy atom. The number of nitrogens with zero attached hydrogens (tertiary/aromatic N) is 1. The van der Waals surface area contributed by atoms with Crippen LogP contribution in [0.1, 0.15) is 51.2 Å². The molecule has 0 radical (unpaired) electrons. The van der Waals surface area contributed by atoms with Crippen LogP contribution in [0.25, 0.3) is 0 Å². The monoisotopic (exact) mass is 283 g/mol. The first-order valence-electron chi connectivity index (χ1n) is 6.50. The van der Waals surface area contributed by atoms with E-state index >= 15 is 0 Å². The number of aromatic nitrogens is 1. The molecular weight excluding hydrogens is 262 g/mol. The molecule has 0 unspecified atom stereocenters. The Hall–Kier alpha value is -1.14. The van der Waals surface area contributed by atoms with Crippen molar-refractivity contribution in [2.24, 2.45) is 0 Å². The van der Waals surface area contributed by atoms with Gasteiger partial charge in [-0.25, -0.2) is 9.78 Å². The summed E-state index contributed by atoms with van der Waals surface area (Å²) in [6.45, 7) is 9.77. The van der Waals surface area contributed by atoms with Gasteiger partial charge in [-0.05, 0) is 34.6 Å². The summed E-state index contributed by atoms with van der Waals surface area (Å²) in [5, 5.41) is 6.79. The van der Waals surface area contributed by atoms with E-state index < -0.39 is 11.7 Å². The lowest BCUT2D eigenvalue weighted by molar-refractivity contribution is 0.0636. The third-order valence-electron chi connectivity index (χ3n) is 2.76. The van der Waals surface area contributed by atoms with Crippen molar-refractivity contribution in [2.45, 2.75) is 58.7 Å². The summed E-state index contributed by atoms with van der Waals surface area (Å²) in [6.07, 6.45) is 0.443. The van der Waals surface area contributed by atoms with E-state index in [1.54, 1.807) is 0 Å². The van der Waals surface area contributed by atoms with Gasteiger partial charge in [-0.3, -0.25) is 5.32 Å². The van der Waals surface area contributed by atoms with Crippen LogP contribution in [-0.2, 0) is 11.2 Å². The summed E-state index contributed by atoms with van der Waals surface area (Å²) < 4.78 is 5.22. The number of thiazole rings is 1. The standard InChI is InChI=1S/C13H21N3O2S/c1-7-6-9-10(8(2)14-7)19-11(15-9)16-12(17)18-13(3,4)5/h7-8,14H,6H2,1-5H3,(H,15,16,17)/t7-,8+/m1/s1. The molecule has 2 heterocycles. The normalized spacial score (nSPS) is 22.8. The minimum atomic E-state index is -0.496. The van der Waals surface area contributed by atoms with Crippen molar-refractivity contribution >= 4 is 22.6 Å². The SMILES string of the molecule is C[C@@H]1Cc2nc(NC(=O)OC(C)(C)C)sc2[C@H](C)N1. The number of hydrogen-bond donors (Lipinski definition) is 2. The van der Waals surface area contributed by atoms with Gasteiger partial charge in [0.15, 0.2) is 5.13 Å². The highest BCUT2D eigenvalue weighted by Gasteiger charge is 2.26. The van der Waals surface area contributed by atoms with Gasteiger partial charge in [-0.2, -0.15) is 0 Å². The molecule has 0 fully saturated rings. The number of ether oxygens (including phenoxy) is 1. The van der Waals surface area contributed by atoms with E-state index in [0.717, 1.165) is 12.1 Å². The molecule has 1 aliphatic heterocycles. The molecule has 0 saturated heterocycles. The van der Waals surface area contributed by atoms with E-state index in [1.165, 1.54) is 16.2 Å². The third kappa shape index (κ3) is 3.67. The molecule has 0 saturated carbocycles. The molecule has 1 amide bonds. The van der Waals surface area contributed by atoms with Crippen LogP contribution < -0.4 is 10.6 Å². The maximum Gasteiger partial charge on any atom is 0.413 e. The van der Waals surface area contributed by atoms with Crippen molar-refractivity contribution in [1.29, 1.82) is 0 Å². The van der Waals surface area contributed by atoms with E-state index in [0.29, 0.717) is 11.2 Å². The topological polar surface area (TPSA) is 63.2 Å². The fourth-order valence-corrected chi connectivity index (χ4v) is 3.13. The van der Waals surface area contributed by atoms with Crippen LogP contribution in [0.3, 0.4) is 0 Å². The van der Waals surface area contributed by atoms with Crippen LogP contribution in [0.5, 0.6) is 0 Å². The first kappa shape index (κ1) is 14.3. The molecule has 0 aliphatic carbocycles. The lowest BCUT2D eigenvalue weighted by atomic mass is 10.0. The Labute approximate surface area is 117 Å². The number of anilines is 1. The van der Waals surface area contributed by atoms with Gasteiger partial charge in [0.2, 0.25) is 0 Å². The zero-order valence-electron chi connectivity index (χ0n) is 12.0. The van der Waals surface area contributed by atoms with Crippen molar-refractivity contribution in [3.63, 3.8) is 0 Å². The molecule has 2 N–H and O–H groups in total. The second kappa shape index (κ2) is 5.09. The second-order valence-corrected chi connectivity index (χ2v) is 6.98. The molecule has 2 rings (SSSR count). The minimum Gasteiger partial charge on any atom is -0.444 e. The largest absolute Gasteiger partial charge is 0.444 e. The van der Waals surface area contributed by atoms with Crippen LogP contribution >= 0.6 is 11.3 Å². The van der Waals surface area contributed by atoms with Gasteiger partial charge in [-0.1, -0.05) is 11.3 Å². The molecule has 5 nitrogen and oxygen atoms in total. The predicted molar refractivity (Wildman–Crippen MR) is 76.7 cm³/mol. The summed E-state index contributed by atoms with van der Waals surface area (Å²) in [5.74, 6) is 0. The van der Waals surface area contributed by atoms with Gasteiger partial charge in [0.1, 0.15) is 5.60 Å². The lowest BCUT2D eigenvalue weighted by Gasteiger charge is -2.24. The molecule has 2 atom stereocenters.